The fraction of sp³-hybridized carbons (Fsp3) is 0.429. The van der Waals surface area contributed by atoms with E-state index in [-0.39, 0.29) is 0 Å². The average Bonchev–Trinajstić information content (AvgIpc) is 3.43. The van der Waals surface area contributed by atoms with E-state index in [1.807, 2.05) is 88.0 Å². The van der Waals surface area contributed by atoms with E-state index in [9.17, 15) is 0 Å². The zero-order chi connectivity index (χ0) is 29.5. The Balaban J connectivity index is 0.00000181. The zero-order valence-corrected chi connectivity index (χ0v) is 26.2. The quantitative estimate of drug-likeness (QED) is 0.276. The van der Waals surface area contributed by atoms with Crippen molar-refractivity contribution in [2.75, 3.05) is 42.5 Å². The second kappa shape index (κ2) is 17.2. The predicted molar refractivity (Wildman–Crippen MR) is 162 cm³/mol. The van der Waals surface area contributed by atoms with Gasteiger partial charge in [-0.1, -0.05) is 52.1 Å². The molecule has 0 saturated carbocycles. The molecule has 0 N–H and O–H groups in total. The Hall–Kier alpha value is -3.44. The van der Waals surface area contributed by atoms with Gasteiger partial charge in [-0.15, -0.1) is 10.2 Å². The Morgan fingerprint density at radius 3 is 1.33 bits per heavy atom. The third kappa shape index (κ3) is 9.07. The minimum Gasteiger partial charge on any atom is -0.497 e. The summed E-state index contributed by atoms with van der Waals surface area (Å²) in [4.78, 5) is 4.78. The highest BCUT2D eigenvalue weighted by atomic mass is 32.1. The van der Waals surface area contributed by atoms with Crippen molar-refractivity contribution < 1.29 is 23.4 Å². The van der Waals surface area contributed by atoms with Gasteiger partial charge in [0.05, 0.1) is 52.7 Å². The summed E-state index contributed by atoms with van der Waals surface area (Å²) in [6.45, 7) is 8.65. The number of thiocarbonyl (C=S) groups is 2. The lowest BCUT2D eigenvalue weighted by molar-refractivity contribution is 0.352. The lowest BCUT2D eigenvalue weighted by Gasteiger charge is -2.21. The van der Waals surface area contributed by atoms with Crippen molar-refractivity contribution in [1.29, 1.82) is 0 Å². The van der Waals surface area contributed by atoms with Crippen LogP contribution in [0.2, 0.25) is 0 Å². The number of hydrogen-bond acceptors (Lipinski definition) is 9. The first-order chi connectivity index (χ1) is 18.8. The number of ether oxygens (including phenoxy) is 4. The SMILES string of the molecule is CC.CC.COc1ccc(OC)c(C(=S)N(C)Cc2nnc(CN(C)C(=S)c3cc(OC)ccc3OC)o2)c1. The van der Waals surface area contributed by atoms with Crippen LogP contribution in [-0.2, 0) is 13.1 Å². The van der Waals surface area contributed by atoms with Crippen LogP contribution in [0.1, 0.15) is 50.6 Å². The van der Waals surface area contributed by atoms with E-state index in [1.165, 1.54) is 0 Å². The van der Waals surface area contributed by atoms with Crippen molar-refractivity contribution in [2.45, 2.75) is 40.8 Å². The molecule has 0 aliphatic rings. The molecule has 0 saturated heterocycles. The van der Waals surface area contributed by atoms with E-state index in [0.717, 1.165) is 11.1 Å². The summed E-state index contributed by atoms with van der Waals surface area (Å²) in [5.41, 5.74) is 1.47. The van der Waals surface area contributed by atoms with Crippen LogP contribution in [0.15, 0.2) is 40.8 Å². The van der Waals surface area contributed by atoms with Crippen LogP contribution >= 0.6 is 24.4 Å². The highest BCUT2D eigenvalue weighted by molar-refractivity contribution is 7.81. The van der Waals surface area contributed by atoms with Crippen LogP contribution in [0.5, 0.6) is 23.0 Å². The molecule has 0 spiro atoms. The largest absolute Gasteiger partial charge is 0.497 e. The maximum absolute atomic E-state index is 5.86. The minimum atomic E-state index is 0.323. The lowest BCUT2D eigenvalue weighted by atomic mass is 10.1. The molecule has 2 aromatic carbocycles. The van der Waals surface area contributed by atoms with E-state index in [2.05, 4.69) is 10.2 Å². The fourth-order valence-corrected chi connectivity index (χ4v) is 3.79. The normalized spacial score (nSPS) is 9.69. The molecule has 0 radical (unpaired) electrons. The molecular weight excluding hydrogens is 536 g/mol. The first-order valence-corrected chi connectivity index (χ1v) is 13.4. The topological polar surface area (TPSA) is 82.3 Å². The maximum atomic E-state index is 5.86. The zero-order valence-electron chi connectivity index (χ0n) is 24.5. The number of rotatable bonds is 10. The van der Waals surface area contributed by atoms with Gasteiger partial charge < -0.3 is 33.2 Å². The van der Waals surface area contributed by atoms with Crippen molar-refractivity contribution in [3.05, 3.63) is 59.3 Å². The monoisotopic (exact) mass is 576 g/mol. The fourth-order valence-electron chi connectivity index (χ4n) is 3.34. The molecule has 9 nitrogen and oxygen atoms in total. The smallest absolute Gasteiger partial charge is 0.235 e. The van der Waals surface area contributed by atoms with Gasteiger partial charge >= 0.3 is 0 Å². The third-order valence-electron chi connectivity index (χ3n) is 5.22. The van der Waals surface area contributed by atoms with Gasteiger partial charge in [0, 0.05) is 14.1 Å². The maximum Gasteiger partial charge on any atom is 0.235 e. The Labute approximate surface area is 243 Å². The number of nitrogens with zero attached hydrogens (tertiary/aromatic N) is 4. The summed E-state index contributed by atoms with van der Waals surface area (Å²) in [5, 5.41) is 8.33. The molecule has 39 heavy (non-hydrogen) atoms. The van der Waals surface area contributed by atoms with E-state index in [1.54, 1.807) is 28.4 Å². The van der Waals surface area contributed by atoms with Gasteiger partial charge in [0.2, 0.25) is 11.8 Å². The second-order valence-electron chi connectivity index (χ2n) is 7.54. The van der Waals surface area contributed by atoms with Crippen LogP contribution in [0, 0.1) is 0 Å². The molecule has 0 unspecified atom stereocenters. The average molecular weight is 577 g/mol. The van der Waals surface area contributed by atoms with E-state index < -0.39 is 0 Å². The first kappa shape index (κ1) is 33.6. The van der Waals surface area contributed by atoms with Gasteiger partial charge in [-0.2, -0.15) is 0 Å². The van der Waals surface area contributed by atoms with Crippen LogP contribution in [0.3, 0.4) is 0 Å². The highest BCUT2D eigenvalue weighted by Gasteiger charge is 2.19. The molecule has 3 rings (SSSR count). The van der Waals surface area contributed by atoms with Crippen molar-refractivity contribution in [2.24, 2.45) is 0 Å². The summed E-state index contributed by atoms with van der Waals surface area (Å²) in [5.74, 6) is 3.51. The van der Waals surface area contributed by atoms with Gasteiger partial charge in [-0.25, -0.2) is 0 Å². The summed E-state index contributed by atoms with van der Waals surface area (Å²) < 4.78 is 27.4. The van der Waals surface area contributed by atoms with E-state index in [4.69, 9.17) is 47.8 Å². The van der Waals surface area contributed by atoms with Crippen molar-refractivity contribution in [1.82, 2.24) is 20.0 Å². The summed E-state index contributed by atoms with van der Waals surface area (Å²) >= 11 is 11.3. The van der Waals surface area contributed by atoms with E-state index >= 15 is 0 Å². The second-order valence-corrected chi connectivity index (χ2v) is 8.32. The van der Waals surface area contributed by atoms with E-state index in [0.29, 0.717) is 57.8 Å². The molecule has 0 aliphatic heterocycles. The molecule has 1 aromatic heterocycles. The first-order valence-electron chi connectivity index (χ1n) is 12.6. The van der Waals surface area contributed by atoms with Crippen LogP contribution < -0.4 is 18.9 Å². The Kier molecular flexibility index (Phi) is 14.8. The number of methoxy groups -OCH3 is 4. The highest BCUT2D eigenvalue weighted by Crippen LogP contribution is 2.27. The summed E-state index contributed by atoms with van der Waals surface area (Å²) in [6.07, 6.45) is 0. The van der Waals surface area contributed by atoms with Crippen molar-refractivity contribution in [3.8, 4) is 23.0 Å². The molecule has 1 heterocycles. The van der Waals surface area contributed by atoms with Crippen LogP contribution in [0.25, 0.3) is 0 Å². The number of aromatic nitrogens is 2. The molecule has 0 bridgehead atoms. The standard InChI is InChI=1S/C24H28N4O5S2.2C2H6/c1-27(23(34)17-11-15(29-3)7-9-19(17)31-5)13-21-25-26-22(33-21)14-28(2)24(35)18-12-16(30-4)8-10-20(18)32-6;2*1-2/h7-12H,13-14H2,1-6H3;2*1-2H3. The van der Waals surface area contributed by atoms with Gasteiger partial charge in [0.1, 0.15) is 33.0 Å². The Morgan fingerprint density at radius 2 is 1.03 bits per heavy atom. The van der Waals surface area contributed by atoms with Gasteiger partial charge in [-0.3, -0.25) is 0 Å². The van der Waals surface area contributed by atoms with Gasteiger partial charge in [0.25, 0.3) is 0 Å². The lowest BCUT2D eigenvalue weighted by Crippen LogP contribution is -2.26. The molecule has 214 valence electrons. The predicted octanol–water partition coefficient (Wildman–Crippen LogP) is 5.77. The number of hydrogen-bond donors (Lipinski definition) is 0. The van der Waals surface area contributed by atoms with Gasteiger partial charge in [-0.05, 0) is 36.4 Å². The molecule has 0 aliphatic carbocycles. The third-order valence-corrected chi connectivity index (χ3v) is 6.28. The molecule has 0 atom stereocenters. The van der Waals surface area contributed by atoms with Crippen molar-refractivity contribution >= 4 is 34.4 Å². The molecule has 3 aromatic rings. The molecule has 0 amide bonds. The Morgan fingerprint density at radius 1 is 0.667 bits per heavy atom. The van der Waals surface area contributed by atoms with Gasteiger partial charge in [0.15, 0.2) is 0 Å². The Bertz CT molecular complexity index is 1110. The minimum absolute atomic E-state index is 0.323. The summed E-state index contributed by atoms with van der Waals surface area (Å²) in [7, 11) is 10.1. The van der Waals surface area contributed by atoms with Crippen LogP contribution in [0.4, 0.5) is 0 Å². The van der Waals surface area contributed by atoms with Crippen molar-refractivity contribution in [3.63, 3.8) is 0 Å². The molecule has 0 fully saturated rings. The molecular formula is C28H40N4O5S2. The number of benzene rings is 2. The molecule has 11 heteroatoms. The van der Waals surface area contributed by atoms with Crippen LogP contribution in [-0.4, -0.2) is 72.5 Å². The summed E-state index contributed by atoms with van der Waals surface area (Å²) in [6, 6.07) is 10.9.